The summed E-state index contributed by atoms with van der Waals surface area (Å²) < 4.78 is 4.63. The number of aliphatic hydroxyl groups is 1. The van der Waals surface area contributed by atoms with Crippen molar-refractivity contribution in [2.24, 2.45) is 17.8 Å². The first-order valence-corrected chi connectivity index (χ1v) is 13.0. The van der Waals surface area contributed by atoms with E-state index in [1.807, 2.05) is 32.0 Å². The first-order valence-electron chi connectivity index (χ1n) is 12.1. The number of anilines is 1. The largest absolute Gasteiger partial charge is 0.461 e. The lowest BCUT2D eigenvalue weighted by atomic mass is 9.66. The summed E-state index contributed by atoms with van der Waals surface area (Å²) in [5.74, 6) is -2.11. The van der Waals surface area contributed by atoms with E-state index in [-0.39, 0.29) is 49.3 Å². The van der Waals surface area contributed by atoms with Crippen LogP contribution in [0.15, 0.2) is 43.5 Å². The second-order valence-corrected chi connectivity index (χ2v) is 11.3. The van der Waals surface area contributed by atoms with Crippen LogP contribution in [0.4, 0.5) is 5.69 Å². The fourth-order valence-electron chi connectivity index (χ4n) is 6.45. The molecule has 3 fully saturated rings. The molecule has 3 aliphatic rings. The highest BCUT2D eigenvalue weighted by Crippen LogP contribution is 2.68. The van der Waals surface area contributed by atoms with Gasteiger partial charge in [-0.2, -0.15) is 0 Å². The maximum absolute atomic E-state index is 14.5. The van der Waals surface area contributed by atoms with Crippen molar-refractivity contribution < 1.29 is 24.2 Å². The highest BCUT2D eigenvalue weighted by atomic mass is 32.2. The Kier molecular flexibility index (Phi) is 7.16. The summed E-state index contributed by atoms with van der Waals surface area (Å²) in [6, 6.07) is 5.07. The molecule has 0 radical (unpaired) electrons. The number of rotatable bonds is 9. The van der Waals surface area contributed by atoms with E-state index < -0.39 is 28.6 Å². The Morgan fingerprint density at radius 3 is 2.57 bits per heavy atom. The second-order valence-electron chi connectivity index (χ2n) is 9.70. The normalized spacial score (nSPS) is 30.8. The Morgan fingerprint density at radius 1 is 1.29 bits per heavy atom. The van der Waals surface area contributed by atoms with Gasteiger partial charge in [0.1, 0.15) is 12.6 Å². The molecule has 3 unspecified atom stereocenters. The Bertz CT molecular complexity index is 1040. The summed E-state index contributed by atoms with van der Waals surface area (Å²) >= 11 is 1.59. The molecule has 0 aliphatic carbocycles. The van der Waals surface area contributed by atoms with Gasteiger partial charge in [-0.3, -0.25) is 14.4 Å². The van der Waals surface area contributed by atoms with E-state index in [0.29, 0.717) is 0 Å². The third kappa shape index (κ3) is 3.82. The molecule has 7 nitrogen and oxygen atoms in total. The number of aryl methyl sites for hydroxylation is 2. The average molecular weight is 499 g/mol. The Balaban J connectivity index is 1.82. The van der Waals surface area contributed by atoms with Gasteiger partial charge >= 0.3 is 5.97 Å². The number of likely N-dealkylation sites (tertiary alicyclic amines) is 1. The number of β-amino-alcohol motifs (C(OH)–C–C–N with tert-alkyl or cyclic N) is 1. The first-order chi connectivity index (χ1) is 16.7. The molecule has 4 rings (SSSR count). The van der Waals surface area contributed by atoms with Crippen LogP contribution in [0.5, 0.6) is 0 Å². The maximum Gasteiger partial charge on any atom is 0.311 e. The van der Waals surface area contributed by atoms with Crippen LogP contribution in [-0.4, -0.2) is 70.1 Å². The predicted octanol–water partition coefficient (Wildman–Crippen LogP) is 2.88. The van der Waals surface area contributed by atoms with E-state index in [1.165, 1.54) is 11.0 Å². The van der Waals surface area contributed by atoms with Gasteiger partial charge in [0.15, 0.2) is 0 Å². The van der Waals surface area contributed by atoms with Crippen LogP contribution < -0.4 is 4.90 Å². The van der Waals surface area contributed by atoms with Gasteiger partial charge in [0, 0.05) is 24.0 Å². The molecule has 1 N–H and O–H groups in total. The third-order valence-corrected chi connectivity index (χ3v) is 9.80. The number of benzene rings is 1. The molecule has 35 heavy (non-hydrogen) atoms. The van der Waals surface area contributed by atoms with Gasteiger partial charge in [-0.1, -0.05) is 43.9 Å². The van der Waals surface area contributed by atoms with Gasteiger partial charge in [0.05, 0.1) is 23.2 Å². The van der Waals surface area contributed by atoms with Gasteiger partial charge in [0.2, 0.25) is 5.91 Å². The highest BCUT2D eigenvalue weighted by molar-refractivity contribution is 8.02. The number of carbonyl (C=O) groups excluding carboxylic acids is 3. The topological polar surface area (TPSA) is 87.2 Å². The number of hydrogen-bond donors (Lipinski definition) is 1. The van der Waals surface area contributed by atoms with Crippen molar-refractivity contribution in [3.8, 4) is 0 Å². The molecule has 1 aromatic rings. The second kappa shape index (κ2) is 9.82. The van der Waals surface area contributed by atoms with Gasteiger partial charge in [-0.05, 0) is 37.3 Å². The van der Waals surface area contributed by atoms with Crippen LogP contribution in [0, 0.1) is 31.6 Å². The predicted molar refractivity (Wildman–Crippen MR) is 137 cm³/mol. The number of esters is 1. The standard InChI is InChI=1S/C27H34N2O5S/c1-6-11-28(22-16(3)9-8-10-17(22)4)25(32)23-27-18(5)15-19(35-27)20(26(33)34-14-7-2)21(27)24(31)29(23)12-13-30/h6-10,18-21,23,30H,1-2,11-15H2,3-5H3/t18?,19-,20+,21-,23?,27?/m0/s1. The summed E-state index contributed by atoms with van der Waals surface area (Å²) in [6.07, 6.45) is 3.92. The molecule has 0 aromatic heterocycles. The number of para-hydroxylation sites is 1. The van der Waals surface area contributed by atoms with Crippen molar-refractivity contribution in [3.63, 3.8) is 0 Å². The summed E-state index contributed by atoms with van der Waals surface area (Å²) in [4.78, 5) is 44.6. The molecule has 2 bridgehead atoms. The van der Waals surface area contributed by atoms with Crippen molar-refractivity contribution in [2.45, 2.75) is 43.2 Å². The molecule has 188 valence electrons. The highest BCUT2D eigenvalue weighted by Gasteiger charge is 2.76. The van der Waals surface area contributed by atoms with Crippen molar-refractivity contribution in [3.05, 3.63) is 54.6 Å². The lowest BCUT2D eigenvalue weighted by Gasteiger charge is -2.40. The molecule has 0 saturated carbocycles. The van der Waals surface area contributed by atoms with E-state index >= 15 is 0 Å². The zero-order valence-corrected chi connectivity index (χ0v) is 21.4. The van der Waals surface area contributed by atoms with Gasteiger partial charge in [0.25, 0.3) is 5.91 Å². The summed E-state index contributed by atoms with van der Waals surface area (Å²) in [5.41, 5.74) is 2.71. The number of hydrogen-bond acceptors (Lipinski definition) is 6. The molecule has 6 atom stereocenters. The van der Waals surface area contributed by atoms with Gasteiger partial charge in [-0.25, -0.2) is 0 Å². The minimum Gasteiger partial charge on any atom is -0.461 e. The molecule has 3 aliphatic heterocycles. The van der Waals surface area contributed by atoms with Crippen molar-refractivity contribution >= 4 is 35.2 Å². The number of amides is 2. The van der Waals surface area contributed by atoms with Crippen molar-refractivity contribution in [1.29, 1.82) is 0 Å². The molecule has 2 amide bonds. The van der Waals surface area contributed by atoms with Crippen LogP contribution in [0.2, 0.25) is 0 Å². The molecule has 1 spiro atoms. The monoisotopic (exact) mass is 498 g/mol. The fraction of sp³-hybridized carbons (Fsp3) is 0.519. The Hall–Kier alpha value is -2.58. The van der Waals surface area contributed by atoms with Crippen LogP contribution in [-0.2, 0) is 19.1 Å². The number of nitrogens with zero attached hydrogens (tertiary/aromatic N) is 2. The number of carbonyl (C=O) groups is 3. The number of thioether (sulfide) groups is 1. The molecule has 8 heteroatoms. The quantitative estimate of drug-likeness (QED) is 0.416. The molecule has 3 saturated heterocycles. The smallest absolute Gasteiger partial charge is 0.311 e. The number of aliphatic hydroxyl groups excluding tert-OH is 1. The van der Waals surface area contributed by atoms with Crippen LogP contribution in [0.1, 0.15) is 24.5 Å². The Labute approximate surface area is 211 Å². The zero-order valence-electron chi connectivity index (χ0n) is 20.6. The lowest BCUT2D eigenvalue weighted by Crippen LogP contribution is -2.57. The number of fused-ring (bicyclic) bond motifs is 1. The van der Waals surface area contributed by atoms with E-state index in [1.54, 1.807) is 22.7 Å². The number of ether oxygens (including phenoxy) is 1. The van der Waals surface area contributed by atoms with Gasteiger partial charge < -0.3 is 19.6 Å². The average Bonchev–Trinajstić information content (AvgIpc) is 3.40. The van der Waals surface area contributed by atoms with Crippen molar-refractivity contribution in [2.75, 3.05) is 31.2 Å². The van der Waals surface area contributed by atoms with E-state index in [0.717, 1.165) is 23.2 Å². The molecule has 3 heterocycles. The SMILES string of the molecule is C=CCOC(=O)[C@@H]1[C@@H]2CC(C)C3(S2)C(C(=O)N(CC=C)c2c(C)cccc2C)N(CCO)C(=O)[C@H]13. The van der Waals surface area contributed by atoms with Crippen LogP contribution in [0.3, 0.4) is 0 Å². The third-order valence-electron chi connectivity index (χ3n) is 7.72. The minimum atomic E-state index is -0.798. The van der Waals surface area contributed by atoms with Crippen LogP contribution >= 0.6 is 11.8 Å². The minimum absolute atomic E-state index is 0.0363. The van der Waals surface area contributed by atoms with E-state index in [9.17, 15) is 19.5 Å². The molecule has 1 aromatic carbocycles. The summed E-state index contributed by atoms with van der Waals surface area (Å²) in [7, 11) is 0. The Morgan fingerprint density at radius 2 is 1.97 bits per heavy atom. The van der Waals surface area contributed by atoms with E-state index in [4.69, 9.17) is 4.74 Å². The van der Waals surface area contributed by atoms with Gasteiger partial charge in [-0.15, -0.1) is 18.3 Å². The van der Waals surface area contributed by atoms with Crippen molar-refractivity contribution in [1.82, 2.24) is 4.90 Å². The zero-order chi connectivity index (χ0) is 25.5. The molecular weight excluding hydrogens is 464 g/mol. The maximum atomic E-state index is 14.5. The molecular formula is C27H34N2O5S. The van der Waals surface area contributed by atoms with Crippen LogP contribution in [0.25, 0.3) is 0 Å². The summed E-state index contributed by atoms with van der Waals surface area (Å²) in [5, 5.41) is 9.75. The first kappa shape index (κ1) is 25.5. The summed E-state index contributed by atoms with van der Waals surface area (Å²) in [6.45, 7) is 13.6. The lowest BCUT2D eigenvalue weighted by molar-refractivity contribution is -0.153. The fourth-order valence-corrected chi connectivity index (χ4v) is 8.86. The van der Waals surface area contributed by atoms with E-state index in [2.05, 4.69) is 20.1 Å².